The van der Waals surface area contributed by atoms with Crippen molar-refractivity contribution >= 4 is 40.6 Å². The first kappa shape index (κ1) is 20.7. The number of carbonyl (C=O) groups is 1. The molecule has 3 aromatic rings. The lowest BCUT2D eigenvalue weighted by atomic mass is 10.2. The molecule has 9 heteroatoms. The molecule has 2 amide bonds. The van der Waals surface area contributed by atoms with E-state index >= 15 is 0 Å². The van der Waals surface area contributed by atoms with Gasteiger partial charge in [0.2, 0.25) is 0 Å². The Morgan fingerprint density at radius 2 is 1.71 bits per heavy atom. The lowest BCUT2D eigenvalue weighted by Crippen LogP contribution is -2.46. The monoisotopic (exact) mass is 438 g/mol. The second-order valence-corrected chi connectivity index (χ2v) is 7.43. The highest BCUT2D eigenvalue weighted by molar-refractivity contribution is 6.31. The van der Waals surface area contributed by atoms with Crippen LogP contribution in [0, 0.1) is 0 Å². The van der Waals surface area contributed by atoms with Crippen molar-refractivity contribution in [3.8, 4) is 5.75 Å². The first-order valence-corrected chi connectivity index (χ1v) is 10.3. The number of amides is 2. The summed E-state index contributed by atoms with van der Waals surface area (Å²) in [6.07, 6.45) is 1.45. The number of piperazine rings is 1. The van der Waals surface area contributed by atoms with Crippen molar-refractivity contribution in [1.82, 2.24) is 9.97 Å². The molecule has 2 heterocycles. The minimum absolute atomic E-state index is 0.411. The highest BCUT2D eigenvalue weighted by Crippen LogP contribution is 2.28. The van der Waals surface area contributed by atoms with Crippen molar-refractivity contribution in [2.45, 2.75) is 0 Å². The molecule has 1 fully saturated rings. The third-order valence-electron chi connectivity index (χ3n) is 5.03. The van der Waals surface area contributed by atoms with Crippen LogP contribution in [0.2, 0.25) is 5.02 Å². The molecule has 160 valence electrons. The van der Waals surface area contributed by atoms with Gasteiger partial charge < -0.3 is 19.9 Å². The first-order valence-electron chi connectivity index (χ1n) is 9.91. The highest BCUT2D eigenvalue weighted by atomic mass is 35.5. The number of nitrogens with one attached hydrogen (secondary N) is 2. The van der Waals surface area contributed by atoms with Gasteiger partial charge in [0.25, 0.3) is 0 Å². The lowest BCUT2D eigenvalue weighted by molar-refractivity contribution is 0.262. The van der Waals surface area contributed by atoms with E-state index in [-0.39, 0.29) is 0 Å². The zero-order valence-electron chi connectivity index (χ0n) is 17.1. The largest absolute Gasteiger partial charge is 0.495 e. The summed E-state index contributed by atoms with van der Waals surface area (Å²) in [5, 5.41) is 5.97. The van der Waals surface area contributed by atoms with Crippen LogP contribution in [0.3, 0.4) is 0 Å². The molecule has 0 bridgehead atoms. The van der Waals surface area contributed by atoms with Crippen LogP contribution in [0.15, 0.2) is 60.9 Å². The number of carbonyl (C=O) groups excluding carboxylic acids is 1. The van der Waals surface area contributed by atoms with Crippen molar-refractivity contribution in [2.24, 2.45) is 0 Å². The van der Waals surface area contributed by atoms with E-state index in [0.29, 0.717) is 22.3 Å². The number of methoxy groups -OCH3 is 1. The number of benzene rings is 2. The summed E-state index contributed by atoms with van der Waals surface area (Å²) < 4.78 is 5.25. The van der Waals surface area contributed by atoms with Crippen LogP contribution in [0.25, 0.3) is 0 Å². The Kier molecular flexibility index (Phi) is 6.37. The molecule has 2 aromatic carbocycles. The van der Waals surface area contributed by atoms with E-state index in [9.17, 15) is 4.79 Å². The molecule has 4 rings (SSSR count). The maximum absolute atomic E-state index is 12.4. The number of ether oxygens (including phenoxy) is 1. The molecule has 1 aliphatic heterocycles. The molecule has 8 nitrogen and oxygen atoms in total. The number of urea groups is 1. The molecule has 1 saturated heterocycles. The molecular weight excluding hydrogens is 416 g/mol. The number of para-hydroxylation sites is 1. The molecule has 0 aliphatic carbocycles. The van der Waals surface area contributed by atoms with Gasteiger partial charge in [-0.05, 0) is 30.3 Å². The van der Waals surface area contributed by atoms with Crippen LogP contribution in [0.5, 0.6) is 5.75 Å². The second kappa shape index (κ2) is 9.53. The Bertz CT molecular complexity index is 1040. The summed E-state index contributed by atoms with van der Waals surface area (Å²) in [4.78, 5) is 25.5. The van der Waals surface area contributed by atoms with Gasteiger partial charge in [-0.2, -0.15) is 0 Å². The number of nitrogens with zero attached hydrogens (tertiary/aromatic N) is 4. The minimum atomic E-state index is -0.445. The Labute approximate surface area is 185 Å². The standard InChI is InChI=1S/C22H23ClN6O2/c1-31-19-8-7-16(23)13-18(19)26-22(30)27-20-14-21(25-15-24-20)29-11-9-28(10-12-29)17-5-3-2-4-6-17/h2-8,13-15H,9-12H2,1H3,(H2,24,25,26,27,30). The van der Waals surface area contributed by atoms with Gasteiger partial charge in [0, 0.05) is 43.0 Å². The van der Waals surface area contributed by atoms with Gasteiger partial charge in [0.1, 0.15) is 23.7 Å². The van der Waals surface area contributed by atoms with Crippen molar-refractivity contribution < 1.29 is 9.53 Å². The zero-order chi connectivity index (χ0) is 21.6. The summed E-state index contributed by atoms with van der Waals surface area (Å²) in [5.41, 5.74) is 1.69. The molecule has 1 aromatic heterocycles. The maximum atomic E-state index is 12.4. The van der Waals surface area contributed by atoms with E-state index in [4.69, 9.17) is 16.3 Å². The van der Waals surface area contributed by atoms with Crippen molar-refractivity contribution in [3.05, 3.63) is 65.9 Å². The molecule has 2 N–H and O–H groups in total. The molecule has 0 spiro atoms. The van der Waals surface area contributed by atoms with Crippen LogP contribution in [0.4, 0.5) is 27.8 Å². The zero-order valence-corrected chi connectivity index (χ0v) is 17.8. The van der Waals surface area contributed by atoms with E-state index in [1.165, 1.54) is 19.1 Å². The van der Waals surface area contributed by atoms with Gasteiger partial charge in [-0.3, -0.25) is 5.32 Å². The molecule has 31 heavy (non-hydrogen) atoms. The van der Waals surface area contributed by atoms with Crippen LogP contribution in [-0.2, 0) is 0 Å². The van der Waals surface area contributed by atoms with E-state index in [1.807, 2.05) is 18.2 Å². The van der Waals surface area contributed by atoms with Gasteiger partial charge >= 0.3 is 6.03 Å². The quantitative estimate of drug-likeness (QED) is 0.623. The van der Waals surface area contributed by atoms with Gasteiger partial charge in [0.05, 0.1) is 12.8 Å². The van der Waals surface area contributed by atoms with Gasteiger partial charge in [-0.25, -0.2) is 14.8 Å². The number of anilines is 4. The predicted octanol–water partition coefficient (Wildman–Crippen LogP) is 4.11. The van der Waals surface area contributed by atoms with Crippen molar-refractivity contribution in [3.63, 3.8) is 0 Å². The van der Waals surface area contributed by atoms with Crippen molar-refractivity contribution in [1.29, 1.82) is 0 Å². The number of rotatable bonds is 5. The maximum Gasteiger partial charge on any atom is 0.324 e. The second-order valence-electron chi connectivity index (χ2n) is 6.99. The predicted molar refractivity (Wildman–Crippen MR) is 124 cm³/mol. The number of hydrogen-bond acceptors (Lipinski definition) is 6. The Morgan fingerprint density at radius 1 is 0.968 bits per heavy atom. The number of hydrogen-bond donors (Lipinski definition) is 2. The summed E-state index contributed by atoms with van der Waals surface area (Å²) >= 11 is 6.02. The Balaban J connectivity index is 1.38. The normalized spacial score (nSPS) is 13.6. The van der Waals surface area contributed by atoms with Crippen LogP contribution >= 0.6 is 11.6 Å². The topological polar surface area (TPSA) is 82.6 Å². The van der Waals surface area contributed by atoms with E-state index < -0.39 is 6.03 Å². The number of halogens is 1. The summed E-state index contributed by atoms with van der Waals surface area (Å²) in [6.45, 7) is 3.45. The van der Waals surface area contributed by atoms with E-state index in [2.05, 4.69) is 42.5 Å². The third-order valence-corrected chi connectivity index (χ3v) is 5.26. The highest BCUT2D eigenvalue weighted by Gasteiger charge is 2.19. The molecule has 0 unspecified atom stereocenters. The van der Waals surface area contributed by atoms with Crippen LogP contribution < -0.4 is 25.2 Å². The fourth-order valence-corrected chi connectivity index (χ4v) is 3.64. The third kappa shape index (κ3) is 5.16. The van der Waals surface area contributed by atoms with E-state index in [1.54, 1.807) is 24.3 Å². The van der Waals surface area contributed by atoms with Crippen LogP contribution in [-0.4, -0.2) is 49.3 Å². The Hall–Kier alpha value is -3.52. The average Bonchev–Trinajstić information content (AvgIpc) is 2.80. The van der Waals surface area contributed by atoms with Crippen LogP contribution in [0.1, 0.15) is 0 Å². The molecule has 0 radical (unpaired) electrons. The molecule has 1 aliphatic rings. The molecular formula is C22H23ClN6O2. The molecule has 0 saturated carbocycles. The fraction of sp³-hybridized carbons (Fsp3) is 0.227. The Morgan fingerprint density at radius 3 is 2.45 bits per heavy atom. The van der Waals surface area contributed by atoms with Crippen molar-refractivity contribution in [2.75, 3.05) is 53.7 Å². The SMILES string of the molecule is COc1ccc(Cl)cc1NC(=O)Nc1cc(N2CCN(c3ccccc3)CC2)ncn1. The smallest absolute Gasteiger partial charge is 0.324 e. The van der Waals surface area contributed by atoms with Gasteiger partial charge in [-0.15, -0.1) is 0 Å². The van der Waals surface area contributed by atoms with E-state index in [0.717, 1.165) is 32.0 Å². The summed E-state index contributed by atoms with van der Waals surface area (Å²) in [5.74, 6) is 1.70. The summed E-state index contributed by atoms with van der Waals surface area (Å²) in [6, 6.07) is 16.7. The lowest BCUT2D eigenvalue weighted by Gasteiger charge is -2.36. The van der Waals surface area contributed by atoms with Gasteiger partial charge in [-0.1, -0.05) is 29.8 Å². The number of aromatic nitrogens is 2. The molecule has 0 atom stereocenters. The average molecular weight is 439 g/mol. The fourth-order valence-electron chi connectivity index (χ4n) is 3.47. The first-order chi connectivity index (χ1) is 15.1. The summed E-state index contributed by atoms with van der Waals surface area (Å²) in [7, 11) is 1.53. The minimum Gasteiger partial charge on any atom is -0.495 e. The van der Waals surface area contributed by atoms with Gasteiger partial charge in [0.15, 0.2) is 0 Å².